The molecular formula is C35H31BN4O2. The minimum absolute atomic E-state index is 0.380. The Hall–Kier alpha value is -4.59. The van der Waals surface area contributed by atoms with Crippen molar-refractivity contribution in [1.29, 1.82) is 0 Å². The maximum atomic E-state index is 6.29. The average molecular weight is 550 g/mol. The molecule has 1 aliphatic heterocycles. The van der Waals surface area contributed by atoms with Crippen LogP contribution in [-0.4, -0.2) is 37.8 Å². The minimum Gasteiger partial charge on any atom is -0.399 e. The Morgan fingerprint density at radius 2 is 1.07 bits per heavy atom. The lowest BCUT2D eigenvalue weighted by Gasteiger charge is -2.32. The zero-order chi connectivity index (χ0) is 28.9. The van der Waals surface area contributed by atoms with Crippen molar-refractivity contribution in [1.82, 2.24) is 19.5 Å². The number of rotatable bonds is 5. The second-order valence-corrected chi connectivity index (χ2v) is 11.7. The van der Waals surface area contributed by atoms with Crippen molar-refractivity contribution in [2.24, 2.45) is 0 Å². The molecular weight excluding hydrogens is 519 g/mol. The van der Waals surface area contributed by atoms with E-state index in [2.05, 4.69) is 75.0 Å². The highest BCUT2D eigenvalue weighted by atomic mass is 16.7. The van der Waals surface area contributed by atoms with Crippen molar-refractivity contribution in [2.75, 3.05) is 0 Å². The summed E-state index contributed by atoms with van der Waals surface area (Å²) in [5.41, 5.74) is 4.08. The van der Waals surface area contributed by atoms with Gasteiger partial charge in [-0.25, -0.2) is 15.0 Å². The molecule has 7 rings (SSSR count). The highest BCUT2D eigenvalue weighted by Crippen LogP contribution is 2.36. The number of hydrogen-bond donors (Lipinski definition) is 0. The van der Waals surface area contributed by atoms with Gasteiger partial charge in [-0.15, -0.1) is 0 Å². The normalized spacial score (nSPS) is 15.8. The molecule has 1 fully saturated rings. The van der Waals surface area contributed by atoms with Gasteiger partial charge in [0.1, 0.15) is 0 Å². The van der Waals surface area contributed by atoms with Crippen LogP contribution in [0.2, 0.25) is 0 Å². The molecule has 7 heteroatoms. The molecule has 0 aliphatic carbocycles. The van der Waals surface area contributed by atoms with Gasteiger partial charge >= 0.3 is 7.12 Å². The summed E-state index contributed by atoms with van der Waals surface area (Å²) in [5, 5.41) is 2.25. The average Bonchev–Trinajstić information content (AvgIpc) is 3.54. The van der Waals surface area contributed by atoms with Crippen LogP contribution in [0.4, 0.5) is 0 Å². The highest BCUT2D eigenvalue weighted by molar-refractivity contribution is 6.62. The van der Waals surface area contributed by atoms with Gasteiger partial charge in [-0.05, 0) is 56.1 Å². The molecule has 42 heavy (non-hydrogen) atoms. The molecule has 0 saturated carbocycles. The standard InChI is InChI=1S/C35H31BN4O2/c1-34(2)35(3,4)42-36(41-34)29-19-18-27-22-40(23-28(27)20-29)30-17-11-16-26(21-30)33-38-31(24-12-7-5-8-13-24)37-32(39-33)25-14-9-6-10-15-25/h5-23H,1-4H3. The number of fused-ring (bicyclic) bond motifs is 1. The van der Waals surface area contributed by atoms with Gasteiger partial charge in [-0.2, -0.15) is 0 Å². The maximum absolute atomic E-state index is 6.29. The molecule has 2 aromatic heterocycles. The van der Waals surface area contributed by atoms with Gasteiger partial charge in [0.15, 0.2) is 17.5 Å². The van der Waals surface area contributed by atoms with Crippen LogP contribution in [0.15, 0.2) is 116 Å². The Morgan fingerprint density at radius 1 is 0.548 bits per heavy atom. The lowest BCUT2D eigenvalue weighted by Crippen LogP contribution is -2.41. The molecule has 206 valence electrons. The first-order chi connectivity index (χ1) is 20.3. The molecule has 0 unspecified atom stereocenters. The van der Waals surface area contributed by atoms with E-state index in [1.807, 2.05) is 72.8 Å². The van der Waals surface area contributed by atoms with E-state index in [1.54, 1.807) is 0 Å². The smallest absolute Gasteiger partial charge is 0.399 e. The maximum Gasteiger partial charge on any atom is 0.494 e. The quantitative estimate of drug-likeness (QED) is 0.214. The van der Waals surface area contributed by atoms with Crippen LogP contribution >= 0.6 is 0 Å². The zero-order valence-corrected chi connectivity index (χ0v) is 24.2. The third-order valence-electron chi connectivity index (χ3n) is 8.29. The number of benzene rings is 4. The molecule has 0 radical (unpaired) electrons. The summed E-state index contributed by atoms with van der Waals surface area (Å²) in [6.45, 7) is 8.31. The molecule has 3 heterocycles. The van der Waals surface area contributed by atoms with E-state index in [-0.39, 0.29) is 11.2 Å². The third kappa shape index (κ3) is 4.81. The lowest BCUT2D eigenvalue weighted by atomic mass is 9.78. The van der Waals surface area contributed by atoms with Gasteiger partial charge in [0.2, 0.25) is 0 Å². The second-order valence-electron chi connectivity index (χ2n) is 11.7. The van der Waals surface area contributed by atoms with Gasteiger partial charge in [0, 0.05) is 34.8 Å². The number of hydrogen-bond acceptors (Lipinski definition) is 5. The van der Waals surface area contributed by atoms with E-state index in [0.717, 1.165) is 38.6 Å². The predicted octanol–water partition coefficient (Wildman–Crippen LogP) is 7.12. The molecule has 1 saturated heterocycles. The zero-order valence-electron chi connectivity index (χ0n) is 24.2. The van der Waals surface area contributed by atoms with Gasteiger partial charge in [0.05, 0.1) is 11.2 Å². The van der Waals surface area contributed by atoms with E-state index in [0.29, 0.717) is 17.5 Å². The van der Waals surface area contributed by atoms with E-state index in [1.165, 1.54) is 0 Å². The molecule has 1 aliphatic rings. The summed E-state index contributed by atoms with van der Waals surface area (Å²) in [4.78, 5) is 14.6. The van der Waals surface area contributed by atoms with Crippen molar-refractivity contribution in [2.45, 2.75) is 38.9 Å². The van der Waals surface area contributed by atoms with Crippen LogP contribution in [0.25, 0.3) is 50.6 Å². The van der Waals surface area contributed by atoms with Crippen LogP contribution in [-0.2, 0) is 9.31 Å². The Labute approximate surface area is 246 Å². The van der Waals surface area contributed by atoms with Crippen molar-refractivity contribution in [3.8, 4) is 39.9 Å². The van der Waals surface area contributed by atoms with Crippen molar-refractivity contribution in [3.05, 3.63) is 116 Å². The Morgan fingerprint density at radius 3 is 1.67 bits per heavy atom. The number of nitrogens with zero attached hydrogens (tertiary/aromatic N) is 4. The largest absolute Gasteiger partial charge is 0.494 e. The van der Waals surface area contributed by atoms with Gasteiger partial charge in [0.25, 0.3) is 0 Å². The first-order valence-corrected chi connectivity index (χ1v) is 14.2. The predicted molar refractivity (Wildman–Crippen MR) is 169 cm³/mol. The SMILES string of the molecule is CC1(C)OB(c2ccc3cn(-c4cccc(-c5nc(-c6ccccc6)nc(-c6ccccc6)n5)c4)cc3c2)OC1(C)C. The van der Waals surface area contributed by atoms with Gasteiger partial charge < -0.3 is 13.9 Å². The minimum atomic E-state index is -0.396. The topological polar surface area (TPSA) is 62.1 Å². The molecule has 0 spiro atoms. The van der Waals surface area contributed by atoms with Gasteiger partial charge in [-0.1, -0.05) is 91.0 Å². The summed E-state index contributed by atoms with van der Waals surface area (Å²) >= 11 is 0. The van der Waals surface area contributed by atoms with Crippen LogP contribution in [0.1, 0.15) is 27.7 Å². The van der Waals surface area contributed by atoms with E-state index < -0.39 is 7.12 Å². The van der Waals surface area contributed by atoms with Crippen molar-refractivity contribution >= 4 is 23.4 Å². The molecule has 6 aromatic rings. The van der Waals surface area contributed by atoms with Gasteiger partial charge in [-0.3, -0.25) is 0 Å². The van der Waals surface area contributed by atoms with Crippen molar-refractivity contribution in [3.63, 3.8) is 0 Å². The fraction of sp³-hybridized carbons (Fsp3) is 0.171. The van der Waals surface area contributed by atoms with E-state index in [9.17, 15) is 0 Å². The summed E-state index contributed by atoms with van der Waals surface area (Å²) in [6, 6.07) is 34.7. The highest BCUT2D eigenvalue weighted by Gasteiger charge is 2.51. The number of aromatic nitrogens is 4. The first kappa shape index (κ1) is 26.3. The second kappa shape index (κ2) is 10.0. The Kier molecular flexibility index (Phi) is 6.30. The van der Waals surface area contributed by atoms with E-state index >= 15 is 0 Å². The fourth-order valence-corrected chi connectivity index (χ4v) is 5.18. The summed E-state index contributed by atoms with van der Waals surface area (Å²) < 4.78 is 14.7. The van der Waals surface area contributed by atoms with Crippen LogP contribution in [0.5, 0.6) is 0 Å². The molecule has 0 amide bonds. The Bertz CT molecular complexity index is 1830. The third-order valence-corrected chi connectivity index (χ3v) is 8.29. The fourth-order valence-electron chi connectivity index (χ4n) is 5.18. The summed E-state index contributed by atoms with van der Waals surface area (Å²) in [7, 11) is -0.396. The van der Waals surface area contributed by atoms with Crippen LogP contribution in [0, 0.1) is 0 Å². The van der Waals surface area contributed by atoms with Crippen LogP contribution in [0.3, 0.4) is 0 Å². The molecule has 0 bridgehead atoms. The Balaban J connectivity index is 1.26. The molecule has 4 aromatic carbocycles. The van der Waals surface area contributed by atoms with Crippen molar-refractivity contribution < 1.29 is 9.31 Å². The van der Waals surface area contributed by atoms with E-state index in [4.69, 9.17) is 24.3 Å². The molecule has 6 nitrogen and oxygen atoms in total. The lowest BCUT2D eigenvalue weighted by molar-refractivity contribution is 0.00578. The molecule has 0 N–H and O–H groups in total. The molecule has 0 atom stereocenters. The monoisotopic (exact) mass is 550 g/mol. The van der Waals surface area contributed by atoms with Crippen LogP contribution < -0.4 is 5.46 Å². The summed E-state index contributed by atoms with van der Waals surface area (Å²) in [5.74, 6) is 1.92. The first-order valence-electron chi connectivity index (χ1n) is 14.2. The summed E-state index contributed by atoms with van der Waals surface area (Å²) in [6.07, 6.45) is 4.28.